The number of carbonyl (C=O) groups is 1. The summed E-state index contributed by atoms with van der Waals surface area (Å²) >= 11 is 1.22. The first-order valence-electron chi connectivity index (χ1n) is 9.35. The maximum absolute atomic E-state index is 12.3. The molecule has 2 heterocycles. The molecule has 1 N–H and O–H groups in total. The Morgan fingerprint density at radius 3 is 2.72 bits per heavy atom. The van der Waals surface area contributed by atoms with Crippen LogP contribution in [0.5, 0.6) is 11.5 Å². The van der Waals surface area contributed by atoms with E-state index in [0.29, 0.717) is 36.5 Å². The topological polar surface area (TPSA) is 86.5 Å². The zero-order valence-corrected chi connectivity index (χ0v) is 16.8. The lowest BCUT2D eigenvalue weighted by Gasteiger charge is -2.21. The number of rotatable bonds is 7. The number of benzene rings is 2. The largest absolute Gasteiger partial charge is 0.486 e. The lowest BCUT2D eigenvalue weighted by Crippen LogP contribution is -2.28. The predicted molar refractivity (Wildman–Crippen MR) is 108 cm³/mol. The average molecular weight is 411 g/mol. The first-order chi connectivity index (χ1) is 14.2. The fourth-order valence-corrected chi connectivity index (χ4v) is 3.55. The van der Waals surface area contributed by atoms with E-state index >= 15 is 0 Å². The maximum atomic E-state index is 12.3. The van der Waals surface area contributed by atoms with Gasteiger partial charge in [0.1, 0.15) is 13.2 Å². The van der Waals surface area contributed by atoms with Gasteiger partial charge in [-0.3, -0.25) is 4.79 Å². The molecule has 1 aromatic heterocycles. The van der Waals surface area contributed by atoms with Crippen molar-refractivity contribution in [2.24, 2.45) is 0 Å². The monoisotopic (exact) mass is 411 g/mol. The molecule has 0 saturated heterocycles. The van der Waals surface area contributed by atoms with Crippen LogP contribution < -0.4 is 14.8 Å². The smallest absolute Gasteiger partial charge is 0.277 e. The molecule has 0 bridgehead atoms. The second-order valence-corrected chi connectivity index (χ2v) is 7.53. The van der Waals surface area contributed by atoms with Gasteiger partial charge in [0.2, 0.25) is 11.8 Å². The van der Waals surface area contributed by atoms with E-state index < -0.39 is 0 Å². The maximum Gasteiger partial charge on any atom is 0.277 e. The minimum atomic E-state index is -0.157. The molecule has 1 aliphatic heterocycles. The Hall–Kier alpha value is -3.00. The molecule has 3 aromatic rings. The highest BCUT2D eigenvalue weighted by Crippen LogP contribution is 2.32. The third-order valence-electron chi connectivity index (χ3n) is 4.42. The fraction of sp³-hybridized carbons (Fsp3) is 0.286. The number of hydrogen-bond donors (Lipinski definition) is 1. The molecule has 0 aliphatic carbocycles. The first kappa shape index (κ1) is 19.3. The molecule has 0 radical (unpaired) electrons. The number of aromatic nitrogens is 2. The van der Waals surface area contributed by atoms with Gasteiger partial charge in [-0.15, -0.1) is 10.2 Å². The highest BCUT2D eigenvalue weighted by molar-refractivity contribution is 7.99. The van der Waals surface area contributed by atoms with Gasteiger partial charge in [-0.1, -0.05) is 48.2 Å². The second kappa shape index (κ2) is 9.00. The van der Waals surface area contributed by atoms with Crippen LogP contribution in [0.4, 0.5) is 0 Å². The number of nitrogens with zero attached hydrogens (tertiary/aromatic N) is 2. The summed E-state index contributed by atoms with van der Waals surface area (Å²) in [5.74, 6) is 2.06. The third-order valence-corrected chi connectivity index (χ3v) is 5.24. The van der Waals surface area contributed by atoms with Crippen molar-refractivity contribution in [3.8, 4) is 11.5 Å². The van der Waals surface area contributed by atoms with E-state index in [1.165, 1.54) is 11.8 Å². The van der Waals surface area contributed by atoms with Crippen molar-refractivity contribution >= 4 is 17.7 Å². The van der Waals surface area contributed by atoms with Crippen LogP contribution in [0.1, 0.15) is 30.0 Å². The van der Waals surface area contributed by atoms with Crippen molar-refractivity contribution in [1.82, 2.24) is 15.5 Å². The molecule has 0 saturated carbocycles. The van der Waals surface area contributed by atoms with E-state index in [2.05, 4.69) is 15.5 Å². The van der Waals surface area contributed by atoms with Gasteiger partial charge >= 0.3 is 0 Å². The van der Waals surface area contributed by atoms with Crippen LogP contribution in [0.2, 0.25) is 0 Å². The van der Waals surface area contributed by atoms with E-state index in [1.54, 1.807) is 0 Å². The molecule has 7 nitrogen and oxygen atoms in total. The summed E-state index contributed by atoms with van der Waals surface area (Å²) in [6.45, 7) is 3.02. The molecule has 1 aliphatic rings. The van der Waals surface area contributed by atoms with Crippen LogP contribution in [0.3, 0.4) is 0 Å². The van der Waals surface area contributed by atoms with Crippen LogP contribution >= 0.6 is 11.8 Å². The summed E-state index contributed by atoms with van der Waals surface area (Å²) in [6.07, 6.45) is 0.571. The molecule has 4 rings (SSSR count). The molecule has 1 atom stereocenters. The fourth-order valence-electron chi connectivity index (χ4n) is 2.96. The molecule has 0 fully saturated rings. The van der Waals surface area contributed by atoms with Crippen LogP contribution in [-0.4, -0.2) is 35.1 Å². The van der Waals surface area contributed by atoms with E-state index in [9.17, 15) is 4.79 Å². The van der Waals surface area contributed by atoms with Gasteiger partial charge < -0.3 is 19.2 Å². The minimum absolute atomic E-state index is 0.111. The summed E-state index contributed by atoms with van der Waals surface area (Å²) in [6, 6.07) is 15.4. The van der Waals surface area contributed by atoms with E-state index in [4.69, 9.17) is 13.9 Å². The molecule has 0 unspecified atom stereocenters. The van der Waals surface area contributed by atoms with Gasteiger partial charge in [-0.2, -0.15) is 0 Å². The SMILES string of the molecule is C[C@H](NC(=O)CSc1nnc(Cc2ccccc2)o1)c1ccc2c(c1)OCCO2. The number of thioether (sulfide) groups is 1. The third kappa shape index (κ3) is 5.08. The normalized spacial score (nSPS) is 13.7. The number of fused-ring (bicyclic) bond motifs is 1. The first-order valence-corrected chi connectivity index (χ1v) is 10.3. The van der Waals surface area contributed by atoms with Crippen LogP contribution in [0.15, 0.2) is 58.2 Å². The molecule has 8 heteroatoms. The van der Waals surface area contributed by atoms with E-state index in [0.717, 1.165) is 16.9 Å². The van der Waals surface area contributed by atoms with Gasteiger partial charge in [0.15, 0.2) is 11.5 Å². The van der Waals surface area contributed by atoms with E-state index in [-0.39, 0.29) is 17.7 Å². The van der Waals surface area contributed by atoms with Gasteiger partial charge in [-0.05, 0) is 30.2 Å². The Morgan fingerprint density at radius 1 is 1.10 bits per heavy atom. The van der Waals surface area contributed by atoms with Crippen molar-refractivity contribution in [2.45, 2.75) is 24.6 Å². The Labute approximate surface area is 172 Å². The second-order valence-electron chi connectivity index (χ2n) is 6.61. The standard InChI is InChI=1S/C21H21N3O4S/c1-14(16-7-8-17-18(12-16)27-10-9-26-17)22-19(25)13-29-21-24-23-20(28-21)11-15-5-3-2-4-6-15/h2-8,12,14H,9-11,13H2,1H3,(H,22,25)/t14-/m0/s1. The summed E-state index contributed by atoms with van der Waals surface area (Å²) in [5.41, 5.74) is 2.05. The highest BCUT2D eigenvalue weighted by atomic mass is 32.2. The average Bonchev–Trinajstić information content (AvgIpc) is 3.20. The Morgan fingerprint density at radius 2 is 1.90 bits per heavy atom. The van der Waals surface area contributed by atoms with Gasteiger partial charge in [0, 0.05) is 0 Å². The Kier molecular flexibility index (Phi) is 6.00. The lowest BCUT2D eigenvalue weighted by atomic mass is 10.1. The Balaban J connectivity index is 1.28. The number of carbonyl (C=O) groups excluding carboxylic acids is 1. The zero-order valence-electron chi connectivity index (χ0n) is 16.0. The molecular weight excluding hydrogens is 390 g/mol. The van der Waals surface area contributed by atoms with Crippen molar-refractivity contribution < 1.29 is 18.7 Å². The summed E-state index contributed by atoms with van der Waals surface area (Å²) in [5, 5.41) is 11.4. The lowest BCUT2D eigenvalue weighted by molar-refractivity contribution is -0.119. The number of ether oxygens (including phenoxy) is 2. The quantitative estimate of drug-likeness (QED) is 0.596. The molecular formula is C21H21N3O4S. The number of amides is 1. The summed E-state index contributed by atoms with van der Waals surface area (Å²) in [4.78, 5) is 12.3. The van der Waals surface area contributed by atoms with Crippen LogP contribution in [0.25, 0.3) is 0 Å². The van der Waals surface area contributed by atoms with Gasteiger partial charge in [-0.25, -0.2) is 0 Å². The highest BCUT2D eigenvalue weighted by Gasteiger charge is 2.17. The van der Waals surface area contributed by atoms with Gasteiger partial charge in [0.05, 0.1) is 18.2 Å². The van der Waals surface area contributed by atoms with Gasteiger partial charge in [0.25, 0.3) is 5.22 Å². The molecule has 2 aromatic carbocycles. The predicted octanol–water partition coefficient (Wildman–Crippen LogP) is 3.40. The zero-order chi connectivity index (χ0) is 20.1. The van der Waals surface area contributed by atoms with Crippen molar-refractivity contribution in [1.29, 1.82) is 0 Å². The summed E-state index contributed by atoms with van der Waals surface area (Å²) < 4.78 is 16.7. The molecule has 0 spiro atoms. The molecule has 150 valence electrons. The molecule has 29 heavy (non-hydrogen) atoms. The minimum Gasteiger partial charge on any atom is -0.486 e. The molecule has 1 amide bonds. The Bertz CT molecular complexity index is 977. The number of nitrogens with one attached hydrogen (secondary N) is 1. The van der Waals surface area contributed by atoms with Crippen LogP contribution in [-0.2, 0) is 11.2 Å². The van der Waals surface area contributed by atoms with Crippen molar-refractivity contribution in [2.75, 3.05) is 19.0 Å². The summed E-state index contributed by atoms with van der Waals surface area (Å²) in [7, 11) is 0. The van der Waals surface area contributed by atoms with E-state index in [1.807, 2.05) is 55.5 Å². The van der Waals surface area contributed by atoms with Crippen LogP contribution in [0, 0.1) is 0 Å². The van der Waals surface area contributed by atoms with Crippen molar-refractivity contribution in [3.63, 3.8) is 0 Å². The number of hydrogen-bond acceptors (Lipinski definition) is 7. The van der Waals surface area contributed by atoms with Crippen molar-refractivity contribution in [3.05, 3.63) is 65.5 Å².